The van der Waals surface area contributed by atoms with Crippen LogP contribution in [0.25, 0.3) is 6.08 Å². The maximum atomic E-state index is 13.2. The molecule has 0 atom stereocenters. The summed E-state index contributed by atoms with van der Waals surface area (Å²) in [7, 11) is 4.35. The molecule has 3 rings (SSSR count). The van der Waals surface area contributed by atoms with E-state index in [4.69, 9.17) is 31.5 Å². The molecule has 0 unspecified atom stereocenters. The third kappa shape index (κ3) is 4.19. The third-order valence-corrected chi connectivity index (χ3v) is 4.80. The number of aromatic carboxylic acids is 1. The summed E-state index contributed by atoms with van der Waals surface area (Å²) in [4.78, 5) is 37.9. The lowest BCUT2D eigenvalue weighted by Crippen LogP contribution is -2.54. The number of amides is 2. The monoisotopic (exact) mass is 442 g/mol. The van der Waals surface area contributed by atoms with Crippen LogP contribution in [0.3, 0.4) is 0 Å². The van der Waals surface area contributed by atoms with Gasteiger partial charge in [-0.1, -0.05) is 0 Å². The van der Waals surface area contributed by atoms with E-state index in [-0.39, 0.29) is 16.2 Å². The van der Waals surface area contributed by atoms with Crippen LogP contribution in [0.2, 0.25) is 0 Å². The molecule has 31 heavy (non-hydrogen) atoms. The normalized spacial score (nSPS) is 15.0. The number of methoxy groups -OCH3 is 3. The van der Waals surface area contributed by atoms with Crippen LogP contribution >= 0.6 is 12.2 Å². The number of carboxylic acid groups (broad SMARTS) is 1. The van der Waals surface area contributed by atoms with Gasteiger partial charge < -0.3 is 19.3 Å². The number of ether oxygens (including phenoxy) is 3. The van der Waals surface area contributed by atoms with E-state index in [0.717, 1.165) is 4.90 Å². The molecule has 0 saturated carbocycles. The first-order chi connectivity index (χ1) is 14.8. The van der Waals surface area contributed by atoms with Crippen LogP contribution in [0.4, 0.5) is 5.69 Å². The predicted molar refractivity (Wildman–Crippen MR) is 116 cm³/mol. The summed E-state index contributed by atoms with van der Waals surface area (Å²) in [6, 6.07) is 8.71. The van der Waals surface area contributed by atoms with E-state index >= 15 is 0 Å². The van der Waals surface area contributed by atoms with Gasteiger partial charge in [0, 0.05) is 12.1 Å². The molecule has 1 fully saturated rings. The lowest BCUT2D eigenvalue weighted by atomic mass is 10.0. The molecule has 9 nitrogen and oxygen atoms in total. The molecule has 2 aromatic carbocycles. The SMILES string of the molecule is COc1cc(OC)c(/C=C2\C(=O)NC(=S)N(c3ccc(C(=O)O)cc3)C2=O)c(OC)c1. The number of carbonyl (C=O) groups is 3. The van der Waals surface area contributed by atoms with Gasteiger partial charge in [-0.05, 0) is 42.6 Å². The van der Waals surface area contributed by atoms with Crippen LogP contribution in [-0.2, 0) is 9.59 Å². The largest absolute Gasteiger partial charge is 0.496 e. The van der Waals surface area contributed by atoms with E-state index in [1.807, 2.05) is 0 Å². The molecule has 0 bridgehead atoms. The minimum atomic E-state index is -1.10. The van der Waals surface area contributed by atoms with E-state index in [1.54, 1.807) is 12.1 Å². The molecule has 10 heteroatoms. The summed E-state index contributed by atoms with van der Waals surface area (Å²) in [6.45, 7) is 0. The van der Waals surface area contributed by atoms with Gasteiger partial charge in [0.25, 0.3) is 11.8 Å². The van der Waals surface area contributed by atoms with Crippen molar-refractivity contribution in [3.63, 3.8) is 0 Å². The molecule has 160 valence electrons. The number of nitrogens with zero attached hydrogens (tertiary/aromatic N) is 1. The predicted octanol–water partition coefficient (Wildman–Crippen LogP) is 2.24. The zero-order valence-electron chi connectivity index (χ0n) is 16.8. The molecule has 0 aromatic heterocycles. The molecule has 1 aliphatic rings. The van der Waals surface area contributed by atoms with Crippen molar-refractivity contribution in [3.8, 4) is 17.2 Å². The molecule has 1 aliphatic heterocycles. The Morgan fingerprint density at radius 3 is 2.10 bits per heavy atom. The Morgan fingerprint density at radius 1 is 1.03 bits per heavy atom. The lowest BCUT2D eigenvalue weighted by Gasteiger charge is -2.29. The Bertz CT molecular complexity index is 1080. The van der Waals surface area contributed by atoms with Gasteiger partial charge in [0.2, 0.25) is 0 Å². The van der Waals surface area contributed by atoms with Crippen LogP contribution in [0, 0.1) is 0 Å². The third-order valence-electron chi connectivity index (χ3n) is 4.52. The highest BCUT2D eigenvalue weighted by molar-refractivity contribution is 7.80. The summed E-state index contributed by atoms with van der Waals surface area (Å²) in [6.07, 6.45) is 1.34. The van der Waals surface area contributed by atoms with Gasteiger partial charge in [-0.15, -0.1) is 0 Å². The fourth-order valence-electron chi connectivity index (χ4n) is 2.96. The number of benzene rings is 2. The van der Waals surface area contributed by atoms with Gasteiger partial charge in [0.05, 0.1) is 38.1 Å². The van der Waals surface area contributed by atoms with E-state index in [0.29, 0.717) is 28.5 Å². The fourth-order valence-corrected chi connectivity index (χ4v) is 3.25. The summed E-state index contributed by atoms with van der Waals surface area (Å²) in [5, 5.41) is 11.4. The van der Waals surface area contributed by atoms with Crippen molar-refractivity contribution in [2.45, 2.75) is 0 Å². The number of carboxylic acids is 1. The summed E-state index contributed by atoms with van der Waals surface area (Å²) in [5.74, 6) is -1.35. The Labute approximate surface area is 182 Å². The molecule has 2 aromatic rings. The lowest BCUT2D eigenvalue weighted by molar-refractivity contribution is -0.122. The van der Waals surface area contributed by atoms with Crippen molar-refractivity contribution >= 4 is 46.9 Å². The number of hydrogen-bond acceptors (Lipinski definition) is 7. The maximum Gasteiger partial charge on any atom is 0.335 e. The first-order valence-corrected chi connectivity index (χ1v) is 9.26. The van der Waals surface area contributed by atoms with Crippen LogP contribution in [0.15, 0.2) is 42.0 Å². The van der Waals surface area contributed by atoms with Gasteiger partial charge >= 0.3 is 5.97 Å². The minimum absolute atomic E-state index is 0.0478. The summed E-state index contributed by atoms with van der Waals surface area (Å²) >= 11 is 5.16. The quantitative estimate of drug-likeness (QED) is 0.398. The van der Waals surface area contributed by atoms with Gasteiger partial charge in [0.1, 0.15) is 22.8 Å². The van der Waals surface area contributed by atoms with Crippen LogP contribution < -0.4 is 24.4 Å². The highest BCUT2D eigenvalue weighted by Gasteiger charge is 2.35. The van der Waals surface area contributed by atoms with Gasteiger partial charge in [-0.2, -0.15) is 0 Å². The zero-order chi connectivity index (χ0) is 22.7. The summed E-state index contributed by atoms with van der Waals surface area (Å²) in [5.41, 5.74) is 0.502. The molecule has 0 spiro atoms. The number of hydrogen-bond donors (Lipinski definition) is 2. The Kier molecular flexibility index (Phi) is 6.21. The number of nitrogens with one attached hydrogen (secondary N) is 1. The van der Waals surface area contributed by atoms with E-state index in [2.05, 4.69) is 5.32 Å². The van der Waals surface area contributed by atoms with Crippen LogP contribution in [-0.4, -0.2) is 49.3 Å². The smallest absolute Gasteiger partial charge is 0.335 e. The maximum absolute atomic E-state index is 13.2. The van der Waals surface area contributed by atoms with Crippen molar-refractivity contribution < 1.29 is 33.7 Å². The highest BCUT2D eigenvalue weighted by Crippen LogP contribution is 2.36. The van der Waals surface area contributed by atoms with Crippen molar-refractivity contribution in [2.75, 3.05) is 26.2 Å². The molecule has 0 aliphatic carbocycles. The number of anilines is 1. The zero-order valence-corrected chi connectivity index (χ0v) is 17.6. The Hall–Kier alpha value is -3.92. The Morgan fingerprint density at radius 2 is 1.61 bits per heavy atom. The van der Waals surface area contributed by atoms with Gasteiger partial charge in [-0.25, -0.2) is 4.79 Å². The number of thiocarbonyl (C=S) groups is 1. The second-order valence-corrected chi connectivity index (χ2v) is 6.64. The van der Waals surface area contributed by atoms with Gasteiger partial charge in [-0.3, -0.25) is 19.8 Å². The first kappa shape index (κ1) is 21.8. The van der Waals surface area contributed by atoms with Crippen molar-refractivity contribution in [1.82, 2.24) is 5.32 Å². The van der Waals surface area contributed by atoms with E-state index in [9.17, 15) is 14.4 Å². The molecule has 2 amide bonds. The van der Waals surface area contributed by atoms with Gasteiger partial charge in [0.15, 0.2) is 5.11 Å². The molecular weight excluding hydrogens is 424 g/mol. The number of rotatable bonds is 6. The van der Waals surface area contributed by atoms with Crippen molar-refractivity contribution in [3.05, 3.63) is 53.1 Å². The Balaban J connectivity index is 2.08. The first-order valence-electron chi connectivity index (χ1n) is 8.85. The van der Waals surface area contributed by atoms with Crippen LogP contribution in [0.5, 0.6) is 17.2 Å². The molecule has 0 radical (unpaired) electrons. The molecule has 1 saturated heterocycles. The number of carbonyl (C=O) groups excluding carboxylic acids is 2. The van der Waals surface area contributed by atoms with Crippen molar-refractivity contribution in [1.29, 1.82) is 0 Å². The average molecular weight is 442 g/mol. The van der Waals surface area contributed by atoms with Crippen molar-refractivity contribution in [2.24, 2.45) is 0 Å². The standard InChI is InChI=1S/C21H18N2O7S/c1-28-13-8-16(29-2)14(17(9-13)30-3)10-15-18(24)22-21(31)23(19(15)25)12-6-4-11(5-7-12)20(26)27/h4-10H,1-3H3,(H,26,27)(H,22,24,31)/b15-10+. The van der Waals surface area contributed by atoms with E-state index in [1.165, 1.54) is 51.7 Å². The highest BCUT2D eigenvalue weighted by atomic mass is 32.1. The second kappa shape index (κ2) is 8.84. The average Bonchev–Trinajstić information content (AvgIpc) is 2.76. The molecule has 1 heterocycles. The molecular formula is C21H18N2O7S. The van der Waals surface area contributed by atoms with E-state index < -0.39 is 17.8 Å². The van der Waals surface area contributed by atoms with Crippen LogP contribution in [0.1, 0.15) is 15.9 Å². The summed E-state index contributed by atoms with van der Waals surface area (Å²) < 4.78 is 15.9. The second-order valence-electron chi connectivity index (χ2n) is 6.26. The minimum Gasteiger partial charge on any atom is -0.496 e. The fraction of sp³-hybridized carbons (Fsp3) is 0.143. The topological polar surface area (TPSA) is 114 Å². The molecule has 2 N–H and O–H groups in total.